The fourth-order valence-electron chi connectivity index (χ4n) is 4.19. The summed E-state index contributed by atoms with van der Waals surface area (Å²) in [6.45, 7) is 7.54. The van der Waals surface area contributed by atoms with Crippen molar-refractivity contribution in [1.82, 2.24) is 29.7 Å². The number of amides is 1. The topological polar surface area (TPSA) is 75.9 Å². The van der Waals surface area contributed by atoms with Gasteiger partial charge in [-0.25, -0.2) is 4.98 Å². The average molecular weight is 368 g/mol. The molecule has 1 unspecified atom stereocenters. The maximum atomic E-state index is 12.5. The van der Waals surface area contributed by atoms with Crippen LogP contribution in [0.5, 0.6) is 0 Å². The van der Waals surface area contributed by atoms with Gasteiger partial charge >= 0.3 is 0 Å². The third kappa shape index (κ3) is 4.03. The van der Waals surface area contributed by atoms with Crippen LogP contribution in [-0.2, 0) is 13.1 Å². The monoisotopic (exact) mass is 368 g/mol. The maximum Gasteiger partial charge on any atom is 0.271 e. The predicted octanol–water partition coefficient (Wildman–Crippen LogP) is 2.48. The van der Waals surface area contributed by atoms with Crippen LogP contribution in [0.1, 0.15) is 66.3 Å². The van der Waals surface area contributed by atoms with Crippen LogP contribution in [0.25, 0.3) is 0 Å². The number of rotatable bonds is 5. The van der Waals surface area contributed by atoms with E-state index in [1.807, 2.05) is 13.1 Å². The first kappa shape index (κ1) is 18.1. The molecule has 27 heavy (non-hydrogen) atoms. The van der Waals surface area contributed by atoms with Crippen LogP contribution in [0.15, 0.2) is 18.6 Å². The normalized spacial score (nSPS) is 20.6. The highest BCUT2D eigenvalue weighted by molar-refractivity contribution is 5.92. The van der Waals surface area contributed by atoms with Crippen molar-refractivity contribution in [2.45, 2.75) is 58.7 Å². The summed E-state index contributed by atoms with van der Waals surface area (Å²) < 4.78 is 2.14. The summed E-state index contributed by atoms with van der Waals surface area (Å²) in [6.07, 6.45) is 10.7. The van der Waals surface area contributed by atoms with Gasteiger partial charge in [0.25, 0.3) is 5.91 Å². The van der Waals surface area contributed by atoms with Crippen LogP contribution < -0.4 is 5.32 Å². The Morgan fingerprint density at radius 2 is 2.04 bits per heavy atom. The Hall–Kier alpha value is -2.28. The molecule has 2 aromatic heterocycles. The SMILES string of the molecule is Cc1cnc(CNC(=O)c2cn3c(n2)C(C)N(CC2CCCC2)CC3)cn1. The summed E-state index contributed by atoms with van der Waals surface area (Å²) in [7, 11) is 0. The van der Waals surface area contributed by atoms with Crippen LogP contribution in [0.3, 0.4) is 0 Å². The van der Waals surface area contributed by atoms with Crippen molar-refractivity contribution in [3.05, 3.63) is 41.5 Å². The number of hydrogen-bond acceptors (Lipinski definition) is 5. The lowest BCUT2D eigenvalue weighted by Gasteiger charge is -2.35. The molecule has 0 radical (unpaired) electrons. The zero-order valence-corrected chi connectivity index (χ0v) is 16.2. The molecule has 0 spiro atoms. The van der Waals surface area contributed by atoms with Crippen LogP contribution in [0.2, 0.25) is 0 Å². The van der Waals surface area contributed by atoms with E-state index in [4.69, 9.17) is 0 Å². The molecule has 144 valence electrons. The van der Waals surface area contributed by atoms with Gasteiger partial charge in [0.2, 0.25) is 0 Å². The molecule has 0 bridgehead atoms. The summed E-state index contributed by atoms with van der Waals surface area (Å²) in [4.78, 5) is 28.2. The largest absolute Gasteiger partial charge is 0.345 e. The molecule has 1 N–H and O–H groups in total. The minimum absolute atomic E-state index is 0.159. The zero-order valence-electron chi connectivity index (χ0n) is 16.2. The maximum absolute atomic E-state index is 12.5. The van der Waals surface area contributed by atoms with Gasteiger partial charge in [0, 0.05) is 32.0 Å². The highest BCUT2D eigenvalue weighted by atomic mass is 16.1. The van der Waals surface area contributed by atoms with E-state index in [0.717, 1.165) is 42.8 Å². The van der Waals surface area contributed by atoms with Gasteiger partial charge in [-0.1, -0.05) is 12.8 Å². The van der Waals surface area contributed by atoms with E-state index in [0.29, 0.717) is 12.2 Å². The minimum atomic E-state index is -0.159. The van der Waals surface area contributed by atoms with E-state index in [-0.39, 0.29) is 11.9 Å². The fourth-order valence-corrected chi connectivity index (χ4v) is 4.19. The second-order valence-electron chi connectivity index (χ2n) is 7.83. The Kier molecular flexibility index (Phi) is 5.20. The molecule has 2 aliphatic rings. The van der Waals surface area contributed by atoms with Crippen LogP contribution in [0, 0.1) is 12.8 Å². The number of fused-ring (bicyclic) bond motifs is 1. The van der Waals surface area contributed by atoms with E-state index in [9.17, 15) is 4.79 Å². The Morgan fingerprint density at radius 3 is 2.78 bits per heavy atom. The summed E-state index contributed by atoms with van der Waals surface area (Å²) in [5.74, 6) is 1.67. The number of hydrogen-bond donors (Lipinski definition) is 1. The van der Waals surface area contributed by atoms with E-state index in [1.54, 1.807) is 12.4 Å². The average Bonchev–Trinajstić information content (AvgIpc) is 3.33. The lowest BCUT2D eigenvalue weighted by atomic mass is 10.1. The summed E-state index contributed by atoms with van der Waals surface area (Å²) in [5.41, 5.74) is 2.09. The van der Waals surface area contributed by atoms with Crippen molar-refractivity contribution in [2.24, 2.45) is 5.92 Å². The van der Waals surface area contributed by atoms with Crippen molar-refractivity contribution < 1.29 is 4.79 Å². The number of aryl methyl sites for hydroxylation is 1. The quantitative estimate of drug-likeness (QED) is 0.877. The number of carbonyl (C=O) groups is 1. The van der Waals surface area contributed by atoms with E-state index in [1.165, 1.54) is 25.7 Å². The zero-order chi connectivity index (χ0) is 18.8. The van der Waals surface area contributed by atoms with Crippen molar-refractivity contribution in [3.63, 3.8) is 0 Å². The lowest BCUT2D eigenvalue weighted by molar-refractivity contribution is 0.0945. The Labute approximate surface area is 160 Å². The number of carbonyl (C=O) groups excluding carboxylic acids is 1. The molecular formula is C20H28N6O. The number of aromatic nitrogens is 4. The molecule has 7 heteroatoms. The molecule has 1 atom stereocenters. The lowest BCUT2D eigenvalue weighted by Crippen LogP contribution is -2.39. The molecule has 7 nitrogen and oxygen atoms in total. The summed E-state index contributed by atoms with van der Waals surface area (Å²) >= 11 is 0. The van der Waals surface area contributed by atoms with Gasteiger partial charge in [-0.05, 0) is 32.6 Å². The molecular weight excluding hydrogens is 340 g/mol. The highest BCUT2D eigenvalue weighted by Crippen LogP contribution is 2.30. The number of imidazole rings is 1. The number of nitrogens with one attached hydrogen (secondary N) is 1. The van der Waals surface area contributed by atoms with Gasteiger partial charge < -0.3 is 9.88 Å². The van der Waals surface area contributed by atoms with Crippen molar-refractivity contribution in [2.75, 3.05) is 13.1 Å². The van der Waals surface area contributed by atoms with Gasteiger partial charge in [0.15, 0.2) is 0 Å². The molecule has 1 fully saturated rings. The fraction of sp³-hybridized carbons (Fsp3) is 0.600. The molecule has 0 aromatic carbocycles. The minimum Gasteiger partial charge on any atom is -0.345 e. The molecule has 1 aliphatic carbocycles. The van der Waals surface area contributed by atoms with Gasteiger partial charge in [-0.2, -0.15) is 0 Å². The Bertz CT molecular complexity index is 793. The van der Waals surface area contributed by atoms with Crippen molar-refractivity contribution in [3.8, 4) is 0 Å². The summed E-state index contributed by atoms with van der Waals surface area (Å²) in [5, 5.41) is 2.90. The molecule has 4 rings (SSSR count). The van der Waals surface area contributed by atoms with E-state index < -0.39 is 0 Å². The molecule has 3 heterocycles. The number of nitrogens with zero attached hydrogens (tertiary/aromatic N) is 5. The van der Waals surface area contributed by atoms with Crippen LogP contribution in [-0.4, -0.2) is 43.4 Å². The predicted molar refractivity (Wildman–Crippen MR) is 102 cm³/mol. The standard InChI is InChI=1S/C20H28N6O/c1-14-9-22-17(10-21-14)11-23-20(27)18-13-26-8-7-25(15(2)19(26)24-18)12-16-5-3-4-6-16/h9-10,13,15-16H,3-8,11-12H2,1-2H3,(H,23,27). The van der Waals surface area contributed by atoms with Crippen LogP contribution in [0.4, 0.5) is 0 Å². The van der Waals surface area contributed by atoms with Crippen molar-refractivity contribution >= 4 is 5.91 Å². The van der Waals surface area contributed by atoms with E-state index >= 15 is 0 Å². The summed E-state index contributed by atoms with van der Waals surface area (Å²) in [6, 6.07) is 0.254. The third-order valence-electron chi connectivity index (χ3n) is 5.82. The van der Waals surface area contributed by atoms with Gasteiger partial charge in [0.05, 0.1) is 30.2 Å². The smallest absolute Gasteiger partial charge is 0.271 e. The van der Waals surface area contributed by atoms with Gasteiger partial charge in [0.1, 0.15) is 11.5 Å². The molecule has 1 amide bonds. The second kappa shape index (κ2) is 7.76. The third-order valence-corrected chi connectivity index (χ3v) is 5.82. The van der Waals surface area contributed by atoms with Gasteiger partial charge in [-0.15, -0.1) is 0 Å². The first-order valence-electron chi connectivity index (χ1n) is 9.97. The molecule has 1 aliphatic heterocycles. The molecule has 0 saturated heterocycles. The van der Waals surface area contributed by atoms with E-state index in [2.05, 4.69) is 36.7 Å². The second-order valence-corrected chi connectivity index (χ2v) is 7.83. The molecule has 2 aromatic rings. The van der Waals surface area contributed by atoms with Gasteiger partial charge in [-0.3, -0.25) is 19.7 Å². The first-order valence-corrected chi connectivity index (χ1v) is 9.97. The van der Waals surface area contributed by atoms with Crippen molar-refractivity contribution in [1.29, 1.82) is 0 Å². The van der Waals surface area contributed by atoms with Crippen LogP contribution >= 0.6 is 0 Å². The Balaban J connectivity index is 1.39. The Morgan fingerprint density at radius 1 is 1.22 bits per heavy atom. The first-order chi connectivity index (χ1) is 13.1. The highest BCUT2D eigenvalue weighted by Gasteiger charge is 2.29. The molecule has 1 saturated carbocycles.